The van der Waals surface area contributed by atoms with E-state index in [1.807, 2.05) is 6.92 Å². The van der Waals surface area contributed by atoms with E-state index in [9.17, 15) is 9.59 Å². The van der Waals surface area contributed by atoms with E-state index in [0.29, 0.717) is 34.3 Å². The first-order valence-corrected chi connectivity index (χ1v) is 11.5. The lowest BCUT2D eigenvalue weighted by molar-refractivity contribution is -0.127. The molecule has 0 bridgehead atoms. The first kappa shape index (κ1) is 25.3. The number of carbonyl (C=O) groups excluding carboxylic acids is 2. The Morgan fingerprint density at radius 3 is 2.56 bits per heavy atom. The fraction of sp³-hybridized carbons (Fsp3) is 0.160. The van der Waals surface area contributed by atoms with E-state index in [-0.39, 0.29) is 5.75 Å². The van der Waals surface area contributed by atoms with Crippen molar-refractivity contribution in [2.75, 3.05) is 6.61 Å². The summed E-state index contributed by atoms with van der Waals surface area (Å²) in [4.78, 5) is 24.9. The lowest BCUT2D eigenvalue weighted by atomic mass is 10.2. The van der Waals surface area contributed by atoms with Gasteiger partial charge < -0.3 is 14.2 Å². The number of amides is 1. The summed E-state index contributed by atoms with van der Waals surface area (Å²) in [7, 11) is 0. The molecule has 0 aliphatic rings. The zero-order valence-electron chi connectivity index (χ0n) is 18.5. The van der Waals surface area contributed by atoms with Crippen molar-refractivity contribution in [3.05, 3.63) is 87.4 Å². The molecule has 3 aromatic rings. The predicted octanol–water partition coefficient (Wildman–Crippen LogP) is 5.64. The highest BCUT2D eigenvalue weighted by Gasteiger charge is 2.15. The van der Waals surface area contributed by atoms with Gasteiger partial charge in [-0.15, -0.1) is 0 Å². The Balaban J connectivity index is 1.64. The number of hydrogen-bond acceptors (Lipinski definition) is 6. The molecule has 0 aliphatic carbocycles. The van der Waals surface area contributed by atoms with Crippen molar-refractivity contribution < 1.29 is 23.8 Å². The van der Waals surface area contributed by atoms with E-state index in [1.54, 1.807) is 73.7 Å². The molecule has 1 unspecified atom stereocenters. The number of esters is 1. The van der Waals surface area contributed by atoms with Gasteiger partial charge in [-0.2, -0.15) is 5.10 Å². The molecular weight excluding hydrogens is 524 g/mol. The van der Waals surface area contributed by atoms with Gasteiger partial charge in [-0.3, -0.25) is 4.79 Å². The third-order valence-corrected chi connectivity index (χ3v) is 5.16. The lowest BCUT2D eigenvalue weighted by Crippen LogP contribution is -2.33. The summed E-state index contributed by atoms with van der Waals surface area (Å²) in [6.07, 6.45) is 0.574. The SMILES string of the molecule is CCOc1ccc(C(=O)Oc2ccc(Br)cc2C=NNC(=O)C(C)Oc2cccc(Cl)c2)cc1. The third-order valence-electron chi connectivity index (χ3n) is 4.43. The van der Waals surface area contributed by atoms with Gasteiger partial charge in [0.2, 0.25) is 0 Å². The number of hydrogen-bond donors (Lipinski definition) is 1. The summed E-state index contributed by atoms with van der Waals surface area (Å²) < 4.78 is 17.2. The summed E-state index contributed by atoms with van der Waals surface area (Å²) in [5.74, 6) is 0.421. The normalized spacial score (nSPS) is 11.6. The van der Waals surface area contributed by atoms with Crippen LogP contribution in [0.3, 0.4) is 0 Å². The van der Waals surface area contributed by atoms with Crippen LogP contribution in [-0.2, 0) is 4.79 Å². The maximum absolute atomic E-state index is 12.6. The lowest BCUT2D eigenvalue weighted by Gasteiger charge is -2.13. The van der Waals surface area contributed by atoms with Gasteiger partial charge >= 0.3 is 5.97 Å². The number of nitrogens with zero attached hydrogens (tertiary/aromatic N) is 1. The van der Waals surface area contributed by atoms with Gasteiger partial charge in [-0.1, -0.05) is 33.6 Å². The van der Waals surface area contributed by atoms with Gasteiger partial charge in [0.15, 0.2) is 6.10 Å². The predicted molar refractivity (Wildman–Crippen MR) is 134 cm³/mol. The van der Waals surface area contributed by atoms with Crippen molar-refractivity contribution >= 4 is 45.6 Å². The third kappa shape index (κ3) is 7.33. The second-order valence-corrected chi connectivity index (χ2v) is 8.33. The van der Waals surface area contributed by atoms with Crippen LogP contribution in [0.5, 0.6) is 17.2 Å². The molecule has 0 spiro atoms. The molecule has 3 aromatic carbocycles. The molecule has 0 radical (unpaired) electrons. The first-order chi connectivity index (χ1) is 16.4. The molecular formula is C25H22BrClN2O5. The second-order valence-electron chi connectivity index (χ2n) is 6.98. The van der Waals surface area contributed by atoms with Crippen molar-refractivity contribution in [2.24, 2.45) is 5.10 Å². The van der Waals surface area contributed by atoms with E-state index < -0.39 is 18.0 Å². The van der Waals surface area contributed by atoms with Crippen LogP contribution in [0.25, 0.3) is 0 Å². The topological polar surface area (TPSA) is 86.2 Å². The van der Waals surface area contributed by atoms with Crippen LogP contribution < -0.4 is 19.6 Å². The largest absolute Gasteiger partial charge is 0.494 e. The van der Waals surface area contributed by atoms with Gasteiger partial charge in [-0.25, -0.2) is 10.2 Å². The molecule has 9 heteroatoms. The molecule has 34 heavy (non-hydrogen) atoms. The quantitative estimate of drug-likeness (QED) is 0.163. The van der Waals surface area contributed by atoms with E-state index >= 15 is 0 Å². The number of rotatable bonds is 9. The van der Waals surface area contributed by atoms with Crippen molar-refractivity contribution in [3.8, 4) is 17.2 Å². The Morgan fingerprint density at radius 1 is 1.09 bits per heavy atom. The first-order valence-electron chi connectivity index (χ1n) is 10.4. The average molecular weight is 546 g/mol. The van der Waals surface area contributed by atoms with E-state index in [4.69, 9.17) is 25.8 Å². The number of nitrogens with one attached hydrogen (secondary N) is 1. The van der Waals surface area contributed by atoms with E-state index in [1.165, 1.54) is 6.21 Å². The number of ether oxygens (including phenoxy) is 3. The van der Waals surface area contributed by atoms with E-state index in [0.717, 1.165) is 4.47 Å². The zero-order valence-corrected chi connectivity index (χ0v) is 20.8. The molecule has 3 rings (SSSR count). The molecule has 7 nitrogen and oxygen atoms in total. The van der Waals surface area contributed by atoms with Gasteiger partial charge in [0.25, 0.3) is 5.91 Å². The van der Waals surface area contributed by atoms with Gasteiger partial charge in [0.1, 0.15) is 17.2 Å². The zero-order chi connectivity index (χ0) is 24.5. The monoisotopic (exact) mass is 544 g/mol. The highest BCUT2D eigenvalue weighted by Crippen LogP contribution is 2.23. The van der Waals surface area contributed by atoms with Crippen molar-refractivity contribution in [3.63, 3.8) is 0 Å². The summed E-state index contributed by atoms with van der Waals surface area (Å²) >= 11 is 9.32. The fourth-order valence-corrected chi connectivity index (χ4v) is 3.34. The molecule has 0 saturated carbocycles. The summed E-state index contributed by atoms with van der Waals surface area (Å²) in [6, 6.07) is 18.5. The Morgan fingerprint density at radius 2 is 1.85 bits per heavy atom. The molecule has 176 valence electrons. The van der Waals surface area contributed by atoms with Crippen molar-refractivity contribution in [1.29, 1.82) is 0 Å². The Bertz CT molecular complexity index is 1180. The Kier molecular flexibility index (Phi) is 9.07. The van der Waals surface area contributed by atoms with Crippen molar-refractivity contribution in [2.45, 2.75) is 20.0 Å². The van der Waals surface area contributed by atoms with Crippen LogP contribution in [-0.4, -0.2) is 30.8 Å². The number of halogens is 2. The van der Waals surface area contributed by atoms with Gasteiger partial charge in [0.05, 0.1) is 18.4 Å². The molecule has 1 atom stereocenters. The van der Waals surface area contributed by atoms with Crippen LogP contribution in [0.4, 0.5) is 0 Å². The van der Waals surface area contributed by atoms with E-state index in [2.05, 4.69) is 26.5 Å². The molecule has 1 amide bonds. The van der Waals surface area contributed by atoms with Gasteiger partial charge in [0, 0.05) is 15.1 Å². The van der Waals surface area contributed by atoms with Crippen molar-refractivity contribution in [1.82, 2.24) is 5.43 Å². The average Bonchev–Trinajstić information content (AvgIpc) is 2.81. The van der Waals surface area contributed by atoms with Gasteiger partial charge in [-0.05, 0) is 74.5 Å². The Hall–Kier alpha value is -3.36. The number of benzene rings is 3. The smallest absolute Gasteiger partial charge is 0.343 e. The van der Waals surface area contributed by atoms with Crippen LogP contribution in [0, 0.1) is 0 Å². The molecule has 0 aliphatic heterocycles. The minimum atomic E-state index is -0.810. The maximum Gasteiger partial charge on any atom is 0.343 e. The second kappa shape index (κ2) is 12.2. The molecule has 1 N–H and O–H groups in total. The molecule has 0 aromatic heterocycles. The highest BCUT2D eigenvalue weighted by molar-refractivity contribution is 9.10. The summed E-state index contributed by atoms with van der Waals surface area (Å²) in [5.41, 5.74) is 3.27. The summed E-state index contributed by atoms with van der Waals surface area (Å²) in [5, 5.41) is 4.48. The molecule has 0 heterocycles. The molecule has 0 fully saturated rings. The fourth-order valence-electron chi connectivity index (χ4n) is 2.78. The standard InChI is InChI=1S/C25H22BrClN2O5/c1-3-32-21-10-7-17(8-11-21)25(31)34-23-12-9-19(26)13-18(23)15-28-29-24(30)16(2)33-22-6-4-5-20(27)14-22/h4-16H,3H2,1-2H3,(H,29,30). The number of carbonyl (C=O) groups is 2. The maximum atomic E-state index is 12.6. The van der Waals surface area contributed by atoms with Crippen LogP contribution in [0.1, 0.15) is 29.8 Å². The minimum absolute atomic E-state index is 0.281. The summed E-state index contributed by atoms with van der Waals surface area (Å²) in [6.45, 7) is 4.01. The van der Waals surface area contributed by atoms with Crippen LogP contribution >= 0.6 is 27.5 Å². The molecule has 0 saturated heterocycles. The van der Waals surface area contributed by atoms with Crippen LogP contribution in [0.2, 0.25) is 5.02 Å². The van der Waals surface area contributed by atoms with Crippen LogP contribution in [0.15, 0.2) is 76.3 Å². The highest BCUT2D eigenvalue weighted by atomic mass is 79.9. The minimum Gasteiger partial charge on any atom is -0.494 e. The number of hydrazone groups is 1. The Labute approximate surface area is 210 Å².